The van der Waals surface area contributed by atoms with Gasteiger partial charge in [-0.25, -0.2) is 0 Å². The summed E-state index contributed by atoms with van der Waals surface area (Å²) in [6.45, 7) is 2.10. The minimum absolute atomic E-state index is 0.330. The Morgan fingerprint density at radius 3 is 2.58 bits per heavy atom. The molecule has 2 heteroatoms. The van der Waals surface area contributed by atoms with Gasteiger partial charge < -0.3 is 0 Å². The molecular formula is C10H11NS. The Balaban J connectivity index is 2.75. The van der Waals surface area contributed by atoms with Crippen LogP contribution in [0.1, 0.15) is 24.2 Å². The number of benzene rings is 1. The molecule has 0 saturated heterocycles. The van der Waals surface area contributed by atoms with Crippen molar-refractivity contribution in [1.82, 2.24) is 0 Å². The molecule has 0 heterocycles. The van der Waals surface area contributed by atoms with Crippen LogP contribution in [-0.4, -0.2) is 0 Å². The van der Waals surface area contributed by atoms with Crippen LogP contribution in [0.25, 0.3) is 0 Å². The smallest absolute Gasteiger partial charge is 0.133 e. The largest absolute Gasteiger partial charge is 0.185 e. The summed E-state index contributed by atoms with van der Waals surface area (Å²) < 4.78 is 0. The van der Waals surface area contributed by atoms with E-state index in [-0.39, 0.29) is 0 Å². The Kier molecular flexibility index (Phi) is 3.69. The quantitative estimate of drug-likeness (QED) is 0.661. The first-order chi connectivity index (χ1) is 5.88. The fourth-order valence-corrected chi connectivity index (χ4v) is 1.71. The van der Waals surface area contributed by atoms with Crippen molar-refractivity contribution in [1.29, 1.82) is 5.26 Å². The molecule has 1 aromatic carbocycles. The van der Waals surface area contributed by atoms with Gasteiger partial charge in [0.25, 0.3) is 0 Å². The molecule has 12 heavy (non-hydrogen) atoms. The van der Waals surface area contributed by atoms with Crippen LogP contribution < -0.4 is 0 Å². The summed E-state index contributed by atoms with van der Waals surface area (Å²) in [6, 6.07) is 10.1. The van der Waals surface area contributed by atoms with Gasteiger partial charge in [0.2, 0.25) is 0 Å². The maximum atomic E-state index is 8.54. The van der Waals surface area contributed by atoms with E-state index >= 15 is 0 Å². The molecule has 1 unspecified atom stereocenters. The Morgan fingerprint density at radius 2 is 2.08 bits per heavy atom. The molecule has 0 fully saturated rings. The zero-order chi connectivity index (χ0) is 8.81. The predicted molar refractivity (Wildman–Crippen MR) is 52.7 cm³/mol. The number of hydrogen-bond acceptors (Lipinski definition) is 2. The highest BCUT2D eigenvalue weighted by molar-refractivity contribution is 8.03. The highest BCUT2D eigenvalue weighted by Gasteiger charge is 2.07. The summed E-state index contributed by atoms with van der Waals surface area (Å²) in [5, 5.41) is 11.0. The van der Waals surface area contributed by atoms with Gasteiger partial charge in [-0.3, -0.25) is 0 Å². The summed E-state index contributed by atoms with van der Waals surface area (Å²) in [4.78, 5) is 0. The van der Waals surface area contributed by atoms with Crippen LogP contribution in [0.5, 0.6) is 0 Å². The molecule has 62 valence electrons. The van der Waals surface area contributed by atoms with Gasteiger partial charge in [-0.1, -0.05) is 37.3 Å². The normalized spacial score (nSPS) is 12.0. The van der Waals surface area contributed by atoms with Gasteiger partial charge in [0.05, 0.1) is 0 Å². The Morgan fingerprint density at radius 1 is 1.42 bits per heavy atom. The summed E-state index contributed by atoms with van der Waals surface area (Å²) in [7, 11) is 0. The maximum absolute atomic E-state index is 8.54. The molecule has 0 saturated carbocycles. The van der Waals surface area contributed by atoms with Gasteiger partial charge in [0.1, 0.15) is 5.40 Å². The van der Waals surface area contributed by atoms with Crippen molar-refractivity contribution >= 4 is 11.8 Å². The molecule has 0 amide bonds. The van der Waals surface area contributed by atoms with E-state index in [1.807, 2.05) is 18.2 Å². The van der Waals surface area contributed by atoms with Crippen molar-refractivity contribution in [2.45, 2.75) is 18.6 Å². The third-order valence-corrected chi connectivity index (χ3v) is 2.73. The molecule has 0 aliphatic rings. The third kappa shape index (κ3) is 2.28. The first-order valence-electron chi connectivity index (χ1n) is 3.98. The van der Waals surface area contributed by atoms with Crippen LogP contribution in [0.3, 0.4) is 0 Å². The van der Waals surface area contributed by atoms with Crippen LogP contribution in [0, 0.1) is 10.7 Å². The van der Waals surface area contributed by atoms with Crippen LogP contribution >= 0.6 is 11.8 Å². The van der Waals surface area contributed by atoms with E-state index in [9.17, 15) is 0 Å². The van der Waals surface area contributed by atoms with Crippen molar-refractivity contribution in [3.05, 3.63) is 35.9 Å². The molecule has 0 bridgehead atoms. The first kappa shape index (κ1) is 9.15. The Hall–Kier alpha value is -0.940. The summed E-state index contributed by atoms with van der Waals surface area (Å²) in [6.07, 6.45) is 1.00. The predicted octanol–water partition coefficient (Wildman–Crippen LogP) is 3.35. The van der Waals surface area contributed by atoms with Crippen molar-refractivity contribution in [2.24, 2.45) is 0 Å². The number of nitrogens with zero attached hydrogens (tertiary/aromatic N) is 1. The van der Waals surface area contributed by atoms with E-state index in [0.29, 0.717) is 5.25 Å². The highest BCUT2D eigenvalue weighted by Crippen LogP contribution is 2.30. The highest BCUT2D eigenvalue weighted by atomic mass is 32.2. The van der Waals surface area contributed by atoms with E-state index in [0.717, 1.165) is 6.42 Å². The number of hydrogen-bond donors (Lipinski definition) is 0. The van der Waals surface area contributed by atoms with Crippen LogP contribution in [0.2, 0.25) is 0 Å². The van der Waals surface area contributed by atoms with E-state index in [4.69, 9.17) is 5.26 Å². The van der Waals surface area contributed by atoms with Gasteiger partial charge in [-0.15, -0.1) is 0 Å². The zero-order valence-corrected chi connectivity index (χ0v) is 7.84. The second-order valence-corrected chi connectivity index (χ2v) is 3.50. The van der Waals surface area contributed by atoms with Gasteiger partial charge >= 0.3 is 0 Å². The third-order valence-electron chi connectivity index (χ3n) is 1.74. The van der Waals surface area contributed by atoms with Gasteiger partial charge in [0.15, 0.2) is 0 Å². The van der Waals surface area contributed by atoms with Gasteiger partial charge in [-0.2, -0.15) is 5.26 Å². The van der Waals surface area contributed by atoms with Crippen molar-refractivity contribution in [2.75, 3.05) is 0 Å². The van der Waals surface area contributed by atoms with Gasteiger partial charge in [-0.05, 0) is 23.7 Å². The lowest BCUT2D eigenvalue weighted by molar-refractivity contribution is 0.899. The fraction of sp³-hybridized carbons (Fsp3) is 0.300. The van der Waals surface area contributed by atoms with Crippen molar-refractivity contribution in [3.8, 4) is 5.40 Å². The monoisotopic (exact) mass is 177 g/mol. The number of nitriles is 1. The average molecular weight is 177 g/mol. The SMILES string of the molecule is CCC(SC#N)c1ccccc1. The number of thioether (sulfide) groups is 1. The molecule has 1 nitrogen and oxygen atoms in total. The number of thiocyanates is 1. The summed E-state index contributed by atoms with van der Waals surface area (Å²) in [5.74, 6) is 0. The second-order valence-electron chi connectivity index (χ2n) is 2.52. The lowest BCUT2D eigenvalue weighted by atomic mass is 10.1. The van der Waals surface area contributed by atoms with Gasteiger partial charge in [0, 0.05) is 5.25 Å². The van der Waals surface area contributed by atoms with E-state index in [1.54, 1.807) is 0 Å². The van der Waals surface area contributed by atoms with E-state index in [1.165, 1.54) is 17.3 Å². The number of rotatable bonds is 3. The molecule has 0 aliphatic carbocycles. The molecule has 0 N–H and O–H groups in total. The molecule has 0 aromatic heterocycles. The Labute approximate surface area is 77.4 Å². The molecule has 1 atom stereocenters. The standard InChI is InChI=1S/C10H11NS/c1-2-10(12-8-11)9-6-4-3-5-7-9/h3-7,10H,2H2,1H3. The van der Waals surface area contributed by atoms with E-state index in [2.05, 4.69) is 24.5 Å². The minimum Gasteiger partial charge on any atom is -0.185 e. The maximum Gasteiger partial charge on any atom is 0.133 e. The topological polar surface area (TPSA) is 23.8 Å². The molecule has 0 aliphatic heterocycles. The zero-order valence-electron chi connectivity index (χ0n) is 7.03. The summed E-state index contributed by atoms with van der Waals surface area (Å²) >= 11 is 1.34. The van der Waals surface area contributed by atoms with E-state index < -0.39 is 0 Å². The van der Waals surface area contributed by atoms with Crippen LogP contribution in [0.4, 0.5) is 0 Å². The van der Waals surface area contributed by atoms with Crippen molar-refractivity contribution in [3.63, 3.8) is 0 Å². The average Bonchev–Trinajstić information content (AvgIpc) is 2.15. The first-order valence-corrected chi connectivity index (χ1v) is 4.86. The lowest BCUT2D eigenvalue weighted by Gasteiger charge is -2.08. The lowest BCUT2D eigenvalue weighted by Crippen LogP contribution is -1.89. The molecular weight excluding hydrogens is 166 g/mol. The van der Waals surface area contributed by atoms with Crippen molar-refractivity contribution < 1.29 is 0 Å². The molecule has 1 rings (SSSR count). The fourth-order valence-electron chi connectivity index (χ4n) is 1.12. The minimum atomic E-state index is 0.330. The Bertz CT molecular complexity index is 263. The van der Waals surface area contributed by atoms with Crippen LogP contribution in [0.15, 0.2) is 30.3 Å². The molecule has 0 spiro atoms. The second kappa shape index (κ2) is 4.84. The van der Waals surface area contributed by atoms with Crippen LogP contribution in [-0.2, 0) is 0 Å². The molecule has 1 aromatic rings. The molecule has 0 radical (unpaired) electrons. The summed E-state index contributed by atoms with van der Waals surface area (Å²) in [5.41, 5.74) is 1.24.